The number of amides is 1. The minimum atomic E-state index is -3.58. The molecule has 0 saturated carbocycles. The summed E-state index contributed by atoms with van der Waals surface area (Å²) in [6.45, 7) is 1.24. The lowest BCUT2D eigenvalue weighted by atomic mass is 10.2. The maximum absolute atomic E-state index is 12.6. The average Bonchev–Trinajstić information content (AvgIpc) is 2.67. The van der Waals surface area contributed by atoms with Crippen LogP contribution in [0.25, 0.3) is 0 Å². The maximum atomic E-state index is 12.6. The standard InChI is InChI=1S/C18H21N3O4S/c19-16-6-8-17(9-7-16)26(23,24)21-12-10-20(11-13-21)18(22)25-14-15-4-2-1-3-5-15/h1-9H,10-14,19H2. The van der Waals surface area contributed by atoms with E-state index >= 15 is 0 Å². The third-order valence-electron chi connectivity index (χ3n) is 4.22. The number of hydrogen-bond acceptors (Lipinski definition) is 5. The summed E-state index contributed by atoms with van der Waals surface area (Å²) in [5, 5.41) is 0. The molecule has 1 saturated heterocycles. The third kappa shape index (κ3) is 4.14. The smallest absolute Gasteiger partial charge is 0.410 e. The number of piperazine rings is 1. The molecule has 1 fully saturated rings. The Morgan fingerprint density at radius 1 is 0.962 bits per heavy atom. The molecule has 2 N–H and O–H groups in total. The number of anilines is 1. The molecule has 1 heterocycles. The van der Waals surface area contributed by atoms with Gasteiger partial charge in [0, 0.05) is 31.9 Å². The number of nitrogen functional groups attached to an aromatic ring is 1. The van der Waals surface area contributed by atoms with Crippen LogP contribution in [-0.2, 0) is 21.4 Å². The molecule has 3 rings (SSSR count). The Morgan fingerprint density at radius 3 is 2.19 bits per heavy atom. The van der Waals surface area contributed by atoms with Crippen molar-refractivity contribution in [2.45, 2.75) is 11.5 Å². The molecule has 0 aromatic heterocycles. The zero-order chi connectivity index (χ0) is 18.6. The van der Waals surface area contributed by atoms with Gasteiger partial charge in [0.2, 0.25) is 10.0 Å². The number of nitrogens with zero attached hydrogens (tertiary/aromatic N) is 2. The second-order valence-electron chi connectivity index (χ2n) is 6.00. The summed E-state index contributed by atoms with van der Waals surface area (Å²) in [6, 6.07) is 15.5. The molecule has 26 heavy (non-hydrogen) atoms. The Balaban J connectivity index is 1.55. The van der Waals surface area contributed by atoms with Crippen molar-refractivity contribution in [2.75, 3.05) is 31.9 Å². The molecule has 2 aromatic rings. The van der Waals surface area contributed by atoms with E-state index in [0.29, 0.717) is 18.8 Å². The van der Waals surface area contributed by atoms with E-state index in [9.17, 15) is 13.2 Å². The van der Waals surface area contributed by atoms with Crippen LogP contribution in [0.15, 0.2) is 59.5 Å². The summed E-state index contributed by atoms with van der Waals surface area (Å²) in [5.41, 5.74) is 7.02. The summed E-state index contributed by atoms with van der Waals surface area (Å²) in [5.74, 6) is 0. The molecule has 1 aliphatic heterocycles. The van der Waals surface area contributed by atoms with Crippen molar-refractivity contribution in [3.63, 3.8) is 0 Å². The molecule has 7 nitrogen and oxygen atoms in total. The van der Waals surface area contributed by atoms with Crippen molar-refractivity contribution < 1.29 is 17.9 Å². The van der Waals surface area contributed by atoms with Gasteiger partial charge in [-0.15, -0.1) is 0 Å². The van der Waals surface area contributed by atoms with Gasteiger partial charge in [-0.2, -0.15) is 4.31 Å². The van der Waals surface area contributed by atoms with Crippen molar-refractivity contribution in [2.24, 2.45) is 0 Å². The summed E-state index contributed by atoms with van der Waals surface area (Å²) >= 11 is 0. The van der Waals surface area contributed by atoms with Crippen LogP contribution in [0.1, 0.15) is 5.56 Å². The van der Waals surface area contributed by atoms with Crippen LogP contribution in [0, 0.1) is 0 Å². The summed E-state index contributed by atoms with van der Waals surface area (Å²) < 4.78 is 31.9. The highest BCUT2D eigenvalue weighted by molar-refractivity contribution is 7.89. The molecule has 2 aromatic carbocycles. The van der Waals surface area contributed by atoms with Crippen molar-refractivity contribution in [1.82, 2.24) is 9.21 Å². The predicted octanol–water partition coefficient (Wildman–Crippen LogP) is 1.91. The van der Waals surface area contributed by atoms with Gasteiger partial charge in [0.25, 0.3) is 0 Å². The number of rotatable bonds is 4. The Hall–Kier alpha value is -2.58. The fourth-order valence-corrected chi connectivity index (χ4v) is 4.13. The van der Waals surface area contributed by atoms with Gasteiger partial charge in [0.1, 0.15) is 6.61 Å². The Labute approximate surface area is 153 Å². The molecule has 0 aliphatic carbocycles. The molecule has 0 bridgehead atoms. The Morgan fingerprint density at radius 2 is 1.58 bits per heavy atom. The van der Waals surface area contributed by atoms with Crippen LogP contribution in [0.2, 0.25) is 0 Å². The van der Waals surface area contributed by atoms with Crippen molar-refractivity contribution in [3.05, 3.63) is 60.2 Å². The predicted molar refractivity (Wildman–Crippen MR) is 97.8 cm³/mol. The van der Waals surface area contributed by atoms with Crippen LogP contribution in [0.3, 0.4) is 0 Å². The first-order valence-corrected chi connectivity index (χ1v) is 9.72. The SMILES string of the molecule is Nc1ccc(S(=O)(=O)N2CCN(C(=O)OCc3ccccc3)CC2)cc1. The largest absolute Gasteiger partial charge is 0.445 e. The lowest BCUT2D eigenvalue weighted by Gasteiger charge is -2.33. The third-order valence-corrected chi connectivity index (χ3v) is 6.13. The van der Waals surface area contributed by atoms with Gasteiger partial charge in [-0.1, -0.05) is 30.3 Å². The number of carbonyl (C=O) groups excluding carboxylic acids is 1. The van der Waals surface area contributed by atoms with Crippen LogP contribution in [0.5, 0.6) is 0 Å². The van der Waals surface area contributed by atoms with Gasteiger partial charge in [-0.3, -0.25) is 0 Å². The monoisotopic (exact) mass is 375 g/mol. The van der Waals surface area contributed by atoms with E-state index in [1.54, 1.807) is 12.1 Å². The molecule has 0 unspecified atom stereocenters. The van der Waals surface area contributed by atoms with Gasteiger partial charge in [0.15, 0.2) is 0 Å². The number of hydrogen-bond donors (Lipinski definition) is 1. The highest BCUT2D eigenvalue weighted by Gasteiger charge is 2.30. The van der Waals surface area contributed by atoms with Gasteiger partial charge >= 0.3 is 6.09 Å². The van der Waals surface area contributed by atoms with Gasteiger partial charge < -0.3 is 15.4 Å². The molecular formula is C18H21N3O4S. The number of carbonyl (C=O) groups is 1. The molecule has 1 aliphatic rings. The average molecular weight is 375 g/mol. The van der Waals surface area contributed by atoms with E-state index in [-0.39, 0.29) is 24.6 Å². The first-order chi connectivity index (χ1) is 12.5. The minimum Gasteiger partial charge on any atom is -0.445 e. The molecule has 138 valence electrons. The zero-order valence-corrected chi connectivity index (χ0v) is 15.1. The van der Waals surface area contributed by atoms with Crippen molar-refractivity contribution in [1.29, 1.82) is 0 Å². The lowest BCUT2D eigenvalue weighted by molar-refractivity contribution is 0.0838. The van der Waals surface area contributed by atoms with Gasteiger partial charge in [-0.05, 0) is 29.8 Å². The molecular weight excluding hydrogens is 354 g/mol. The molecule has 0 spiro atoms. The van der Waals surface area contributed by atoms with E-state index in [2.05, 4.69) is 0 Å². The second kappa shape index (κ2) is 7.76. The van der Waals surface area contributed by atoms with Crippen LogP contribution in [0.4, 0.5) is 10.5 Å². The summed E-state index contributed by atoms with van der Waals surface area (Å²) in [7, 11) is -3.58. The lowest BCUT2D eigenvalue weighted by Crippen LogP contribution is -2.50. The molecule has 8 heteroatoms. The van der Waals surface area contributed by atoms with E-state index in [4.69, 9.17) is 10.5 Å². The van der Waals surface area contributed by atoms with E-state index < -0.39 is 16.1 Å². The van der Waals surface area contributed by atoms with Gasteiger partial charge in [-0.25, -0.2) is 13.2 Å². The zero-order valence-electron chi connectivity index (χ0n) is 14.2. The van der Waals surface area contributed by atoms with Crippen molar-refractivity contribution >= 4 is 21.8 Å². The topological polar surface area (TPSA) is 92.9 Å². The minimum absolute atomic E-state index is 0.198. The number of benzene rings is 2. The van der Waals surface area contributed by atoms with Crippen LogP contribution >= 0.6 is 0 Å². The van der Waals surface area contributed by atoms with Crippen molar-refractivity contribution in [3.8, 4) is 0 Å². The first kappa shape index (κ1) is 18.2. The highest BCUT2D eigenvalue weighted by Crippen LogP contribution is 2.19. The fourth-order valence-electron chi connectivity index (χ4n) is 2.71. The summed E-state index contributed by atoms with van der Waals surface area (Å²) in [4.78, 5) is 13.9. The quantitative estimate of drug-likeness (QED) is 0.824. The number of ether oxygens (including phenoxy) is 1. The number of nitrogens with two attached hydrogens (primary N) is 1. The first-order valence-electron chi connectivity index (χ1n) is 8.28. The normalized spacial score (nSPS) is 15.6. The van der Waals surface area contributed by atoms with Crippen LogP contribution < -0.4 is 5.73 Å². The molecule has 0 atom stereocenters. The van der Waals surface area contributed by atoms with Gasteiger partial charge in [0.05, 0.1) is 4.90 Å². The fraction of sp³-hybridized carbons (Fsp3) is 0.278. The summed E-state index contributed by atoms with van der Waals surface area (Å²) in [6.07, 6.45) is -0.432. The molecule has 1 amide bonds. The van der Waals surface area contributed by atoms with E-state index in [1.165, 1.54) is 21.3 Å². The maximum Gasteiger partial charge on any atom is 0.410 e. The molecule has 0 radical (unpaired) electrons. The van der Waals surface area contributed by atoms with Crippen LogP contribution in [-0.4, -0.2) is 49.9 Å². The Kier molecular flexibility index (Phi) is 5.43. The Bertz CT molecular complexity index is 846. The number of sulfonamides is 1. The highest BCUT2D eigenvalue weighted by atomic mass is 32.2. The van der Waals surface area contributed by atoms with E-state index in [1.807, 2.05) is 30.3 Å². The van der Waals surface area contributed by atoms with E-state index in [0.717, 1.165) is 5.56 Å². The second-order valence-corrected chi connectivity index (χ2v) is 7.94.